The molecule has 0 radical (unpaired) electrons. The first-order chi connectivity index (χ1) is 8.63. The summed E-state index contributed by atoms with van der Waals surface area (Å²) >= 11 is 0. The summed E-state index contributed by atoms with van der Waals surface area (Å²) in [7, 11) is 1.53. The van der Waals surface area contributed by atoms with Crippen molar-refractivity contribution in [1.82, 2.24) is 10.2 Å². The number of methoxy groups -OCH3 is 1. The number of ether oxygens (including phenoxy) is 1. The summed E-state index contributed by atoms with van der Waals surface area (Å²) in [5.41, 5.74) is -0.380. The first-order valence-corrected chi connectivity index (χ1v) is 7.17. The topological polar surface area (TPSA) is 41.6 Å². The van der Waals surface area contributed by atoms with Crippen LogP contribution in [-0.4, -0.2) is 49.7 Å². The average molecular weight is 254 g/mol. The van der Waals surface area contributed by atoms with Gasteiger partial charge in [-0.15, -0.1) is 0 Å². The number of carbonyl (C=O) groups excluding carboxylic acids is 1. The molecule has 1 saturated heterocycles. The minimum atomic E-state index is -0.380. The molecule has 0 aromatic carbocycles. The lowest BCUT2D eigenvalue weighted by molar-refractivity contribution is -0.165. The second kappa shape index (κ2) is 5.57. The Morgan fingerprint density at radius 3 is 2.61 bits per heavy atom. The molecule has 3 atom stereocenters. The molecule has 0 spiro atoms. The molecule has 3 unspecified atom stereocenters. The third kappa shape index (κ3) is 2.16. The maximum Gasteiger partial charge on any atom is 0.326 e. The second-order valence-corrected chi connectivity index (χ2v) is 5.81. The van der Waals surface area contributed by atoms with Gasteiger partial charge in [0.2, 0.25) is 0 Å². The molecule has 18 heavy (non-hydrogen) atoms. The molecule has 2 rings (SSSR count). The van der Waals surface area contributed by atoms with Gasteiger partial charge >= 0.3 is 5.97 Å². The fourth-order valence-electron chi connectivity index (χ4n) is 3.75. The molecule has 4 heteroatoms. The second-order valence-electron chi connectivity index (χ2n) is 5.81. The number of rotatable bonds is 2. The number of nitrogens with one attached hydrogen (secondary N) is 1. The molecular formula is C14H26N2O2. The van der Waals surface area contributed by atoms with Crippen LogP contribution in [0.2, 0.25) is 0 Å². The van der Waals surface area contributed by atoms with Gasteiger partial charge in [0.1, 0.15) is 5.54 Å². The average Bonchev–Trinajstić information content (AvgIpc) is 2.42. The Hall–Kier alpha value is -0.610. The highest BCUT2D eigenvalue weighted by atomic mass is 16.5. The van der Waals surface area contributed by atoms with Gasteiger partial charge in [0.25, 0.3) is 0 Å². The van der Waals surface area contributed by atoms with Crippen molar-refractivity contribution in [3.8, 4) is 0 Å². The van der Waals surface area contributed by atoms with Crippen LogP contribution in [0.25, 0.3) is 0 Å². The van der Waals surface area contributed by atoms with E-state index in [0.717, 1.165) is 39.0 Å². The Labute approximate surface area is 110 Å². The van der Waals surface area contributed by atoms with Crippen LogP contribution in [0.15, 0.2) is 0 Å². The summed E-state index contributed by atoms with van der Waals surface area (Å²) < 4.78 is 5.16. The highest BCUT2D eigenvalue weighted by Crippen LogP contribution is 2.42. The van der Waals surface area contributed by atoms with E-state index >= 15 is 0 Å². The van der Waals surface area contributed by atoms with Gasteiger partial charge in [-0.05, 0) is 18.3 Å². The summed E-state index contributed by atoms with van der Waals surface area (Å²) in [5, 5.41) is 3.36. The van der Waals surface area contributed by atoms with Crippen molar-refractivity contribution in [1.29, 1.82) is 0 Å². The molecule has 4 nitrogen and oxygen atoms in total. The maximum atomic E-state index is 12.5. The van der Waals surface area contributed by atoms with E-state index in [4.69, 9.17) is 4.74 Å². The molecule has 1 aliphatic heterocycles. The molecule has 1 aliphatic carbocycles. The van der Waals surface area contributed by atoms with Crippen molar-refractivity contribution in [2.45, 2.75) is 38.6 Å². The predicted octanol–water partition coefficient (Wildman–Crippen LogP) is 1.26. The highest BCUT2D eigenvalue weighted by Gasteiger charge is 2.52. The van der Waals surface area contributed by atoms with Crippen molar-refractivity contribution in [2.24, 2.45) is 11.8 Å². The summed E-state index contributed by atoms with van der Waals surface area (Å²) in [6, 6.07) is 0. The molecule has 2 fully saturated rings. The van der Waals surface area contributed by atoms with Gasteiger partial charge in [-0.1, -0.05) is 26.7 Å². The molecule has 1 heterocycles. The Kier molecular flexibility index (Phi) is 4.28. The van der Waals surface area contributed by atoms with Crippen LogP contribution in [-0.2, 0) is 9.53 Å². The molecule has 2 aliphatic rings. The fourth-order valence-corrected chi connectivity index (χ4v) is 3.75. The van der Waals surface area contributed by atoms with E-state index in [0.29, 0.717) is 11.8 Å². The minimum Gasteiger partial charge on any atom is -0.468 e. The van der Waals surface area contributed by atoms with E-state index in [-0.39, 0.29) is 11.5 Å². The van der Waals surface area contributed by atoms with E-state index in [1.807, 2.05) is 0 Å². The number of esters is 1. The van der Waals surface area contributed by atoms with Crippen molar-refractivity contribution in [3.05, 3.63) is 0 Å². The summed E-state index contributed by atoms with van der Waals surface area (Å²) in [6.07, 6.45) is 3.31. The molecule has 0 bridgehead atoms. The smallest absolute Gasteiger partial charge is 0.326 e. The Morgan fingerprint density at radius 2 is 2.00 bits per heavy atom. The maximum absolute atomic E-state index is 12.5. The molecule has 1 saturated carbocycles. The summed E-state index contributed by atoms with van der Waals surface area (Å²) in [4.78, 5) is 14.8. The van der Waals surface area contributed by atoms with Gasteiger partial charge in [-0.2, -0.15) is 0 Å². The lowest BCUT2D eigenvalue weighted by Gasteiger charge is -2.51. The van der Waals surface area contributed by atoms with Crippen molar-refractivity contribution in [2.75, 3.05) is 33.3 Å². The van der Waals surface area contributed by atoms with Gasteiger partial charge in [0.05, 0.1) is 7.11 Å². The molecular weight excluding hydrogens is 228 g/mol. The predicted molar refractivity (Wildman–Crippen MR) is 71.4 cm³/mol. The lowest BCUT2D eigenvalue weighted by atomic mass is 9.67. The van der Waals surface area contributed by atoms with Crippen molar-refractivity contribution in [3.63, 3.8) is 0 Å². The molecule has 0 aromatic rings. The quantitative estimate of drug-likeness (QED) is 0.753. The van der Waals surface area contributed by atoms with Crippen LogP contribution in [0, 0.1) is 11.8 Å². The van der Waals surface area contributed by atoms with Crippen molar-refractivity contribution >= 4 is 5.97 Å². The summed E-state index contributed by atoms with van der Waals surface area (Å²) in [6.45, 7) is 8.34. The normalized spacial score (nSPS) is 38.4. The number of hydrogen-bond donors (Lipinski definition) is 1. The highest BCUT2D eigenvalue weighted by molar-refractivity contribution is 5.81. The first kappa shape index (κ1) is 13.8. The van der Waals surface area contributed by atoms with Gasteiger partial charge < -0.3 is 10.1 Å². The van der Waals surface area contributed by atoms with E-state index in [9.17, 15) is 4.79 Å². The number of hydrogen-bond acceptors (Lipinski definition) is 4. The number of nitrogens with zero attached hydrogens (tertiary/aromatic N) is 1. The van der Waals surface area contributed by atoms with Crippen LogP contribution in [0.3, 0.4) is 0 Å². The largest absolute Gasteiger partial charge is 0.468 e. The van der Waals surface area contributed by atoms with Crippen LogP contribution in [0.4, 0.5) is 0 Å². The SMILES string of the molecule is COC(=O)C1(N2CCNCC2)CCCC(C)C1C. The van der Waals surface area contributed by atoms with E-state index < -0.39 is 0 Å². The lowest BCUT2D eigenvalue weighted by Crippen LogP contribution is -2.65. The third-order valence-corrected chi connectivity index (χ3v) is 5.04. The third-order valence-electron chi connectivity index (χ3n) is 5.04. The molecule has 0 aromatic heterocycles. The van der Waals surface area contributed by atoms with Crippen LogP contribution in [0.1, 0.15) is 33.1 Å². The minimum absolute atomic E-state index is 0.0246. The van der Waals surface area contributed by atoms with Gasteiger partial charge in [0.15, 0.2) is 0 Å². The number of carbonyl (C=O) groups is 1. The first-order valence-electron chi connectivity index (χ1n) is 7.17. The van der Waals surface area contributed by atoms with Gasteiger partial charge in [-0.3, -0.25) is 9.69 Å². The van der Waals surface area contributed by atoms with Gasteiger partial charge in [0, 0.05) is 26.2 Å². The van der Waals surface area contributed by atoms with Crippen molar-refractivity contribution < 1.29 is 9.53 Å². The Morgan fingerprint density at radius 1 is 1.33 bits per heavy atom. The van der Waals surface area contributed by atoms with Crippen LogP contribution < -0.4 is 5.32 Å². The molecule has 1 N–H and O–H groups in total. The van der Waals surface area contributed by atoms with Crippen LogP contribution >= 0.6 is 0 Å². The van der Waals surface area contributed by atoms with E-state index in [1.54, 1.807) is 0 Å². The standard InChI is InChI=1S/C14H26N2O2/c1-11-5-4-6-14(12(11)2,13(17)18-3)16-9-7-15-8-10-16/h11-12,15H,4-10H2,1-3H3. The molecule has 104 valence electrons. The fraction of sp³-hybridized carbons (Fsp3) is 0.929. The Balaban J connectivity index is 2.29. The van der Waals surface area contributed by atoms with E-state index in [1.165, 1.54) is 13.5 Å². The Bertz CT molecular complexity index is 302. The van der Waals surface area contributed by atoms with Crippen LogP contribution in [0.5, 0.6) is 0 Å². The monoisotopic (exact) mass is 254 g/mol. The molecule has 0 amide bonds. The summed E-state index contributed by atoms with van der Waals surface area (Å²) in [5.74, 6) is 0.938. The zero-order valence-corrected chi connectivity index (χ0v) is 11.9. The number of piperazine rings is 1. The zero-order chi connectivity index (χ0) is 13.2. The van der Waals surface area contributed by atoms with Gasteiger partial charge in [-0.25, -0.2) is 0 Å². The zero-order valence-electron chi connectivity index (χ0n) is 11.9. The van der Waals surface area contributed by atoms with E-state index in [2.05, 4.69) is 24.1 Å².